The van der Waals surface area contributed by atoms with Gasteiger partial charge in [-0.15, -0.1) is 0 Å². The van der Waals surface area contributed by atoms with Crippen LogP contribution in [-0.2, 0) is 4.79 Å². The predicted octanol–water partition coefficient (Wildman–Crippen LogP) is 1.57. The average Bonchev–Trinajstić information content (AvgIpc) is 2.20. The van der Waals surface area contributed by atoms with Gasteiger partial charge in [0.15, 0.2) is 5.82 Å². The lowest BCUT2D eigenvalue weighted by Gasteiger charge is -2.13. The number of carboxylic acids is 1. The van der Waals surface area contributed by atoms with Gasteiger partial charge in [-0.1, -0.05) is 11.6 Å². The molecule has 1 aromatic carbocycles. The number of carbonyl (C=O) groups is 1. The third-order valence-corrected chi connectivity index (χ3v) is 2.18. The summed E-state index contributed by atoms with van der Waals surface area (Å²) in [5.74, 6) is -2.16. The second-order valence-electron chi connectivity index (χ2n) is 2.79. The van der Waals surface area contributed by atoms with E-state index < -0.39 is 17.8 Å². The molecule has 0 heterocycles. The van der Waals surface area contributed by atoms with Gasteiger partial charge in [-0.05, 0) is 12.1 Å². The summed E-state index contributed by atoms with van der Waals surface area (Å²) in [7, 11) is 1.29. The Hall–Kier alpha value is -1.33. The minimum absolute atomic E-state index is 0.0619. The molecule has 0 aliphatic rings. The topological polar surface area (TPSA) is 72.5 Å². The van der Waals surface area contributed by atoms with Crippen molar-refractivity contribution in [2.45, 2.75) is 6.04 Å². The minimum atomic E-state index is -1.50. The number of aliphatic carboxylic acids is 1. The molecule has 6 heteroatoms. The van der Waals surface area contributed by atoms with E-state index in [-0.39, 0.29) is 16.3 Å². The van der Waals surface area contributed by atoms with Gasteiger partial charge in [-0.25, -0.2) is 4.39 Å². The molecule has 0 bridgehead atoms. The van der Waals surface area contributed by atoms with E-state index in [4.69, 9.17) is 27.2 Å². The van der Waals surface area contributed by atoms with E-state index in [1.807, 2.05) is 0 Å². The van der Waals surface area contributed by atoms with Gasteiger partial charge in [0.25, 0.3) is 0 Å². The van der Waals surface area contributed by atoms with Crippen LogP contribution in [0.4, 0.5) is 4.39 Å². The van der Waals surface area contributed by atoms with Gasteiger partial charge >= 0.3 is 5.97 Å². The van der Waals surface area contributed by atoms with Crippen molar-refractivity contribution in [2.75, 3.05) is 7.11 Å². The van der Waals surface area contributed by atoms with Crippen LogP contribution in [0.5, 0.6) is 5.75 Å². The standard InChI is InChI=1S/C9H9ClFNO3/c1-15-5-3-2-4(10)7(11)6(5)8(12)9(13)14/h2-3,8H,12H2,1H3,(H,13,14). The first-order chi connectivity index (χ1) is 6.99. The molecule has 1 unspecified atom stereocenters. The third kappa shape index (κ3) is 2.19. The molecule has 0 saturated carbocycles. The molecule has 3 N–H and O–H groups in total. The van der Waals surface area contributed by atoms with E-state index >= 15 is 0 Å². The fourth-order valence-electron chi connectivity index (χ4n) is 1.14. The molecular formula is C9H9ClFNO3. The monoisotopic (exact) mass is 233 g/mol. The lowest BCUT2D eigenvalue weighted by atomic mass is 10.1. The van der Waals surface area contributed by atoms with E-state index in [9.17, 15) is 9.18 Å². The van der Waals surface area contributed by atoms with Crippen LogP contribution in [0.1, 0.15) is 11.6 Å². The molecule has 0 aliphatic heterocycles. The third-order valence-electron chi connectivity index (χ3n) is 1.89. The van der Waals surface area contributed by atoms with Crippen LogP contribution in [0, 0.1) is 5.82 Å². The summed E-state index contributed by atoms with van der Waals surface area (Å²) in [6.07, 6.45) is 0. The van der Waals surface area contributed by atoms with Gasteiger partial charge < -0.3 is 15.6 Å². The van der Waals surface area contributed by atoms with Crippen molar-refractivity contribution in [1.82, 2.24) is 0 Å². The first-order valence-electron chi connectivity index (χ1n) is 3.99. The molecule has 1 rings (SSSR count). The van der Waals surface area contributed by atoms with Crippen molar-refractivity contribution < 1.29 is 19.0 Å². The second kappa shape index (κ2) is 4.46. The average molecular weight is 234 g/mol. The molecule has 0 aromatic heterocycles. The molecule has 0 radical (unpaired) electrons. The summed E-state index contributed by atoms with van der Waals surface area (Å²) >= 11 is 5.51. The Morgan fingerprint density at radius 2 is 2.27 bits per heavy atom. The minimum Gasteiger partial charge on any atom is -0.496 e. The molecule has 0 saturated heterocycles. The Kier molecular flexibility index (Phi) is 3.49. The second-order valence-corrected chi connectivity index (χ2v) is 3.20. The van der Waals surface area contributed by atoms with Crippen LogP contribution >= 0.6 is 11.6 Å². The predicted molar refractivity (Wildman–Crippen MR) is 52.5 cm³/mol. The highest BCUT2D eigenvalue weighted by Gasteiger charge is 2.24. The highest BCUT2D eigenvalue weighted by molar-refractivity contribution is 6.30. The summed E-state index contributed by atoms with van der Waals surface area (Å²) in [4.78, 5) is 10.6. The molecule has 15 heavy (non-hydrogen) atoms. The Morgan fingerprint density at radius 1 is 1.67 bits per heavy atom. The van der Waals surface area contributed by atoms with Crippen molar-refractivity contribution in [1.29, 1.82) is 0 Å². The Bertz CT molecular complexity index is 397. The SMILES string of the molecule is COc1ccc(Cl)c(F)c1C(N)C(=O)O. The van der Waals surface area contributed by atoms with E-state index in [0.717, 1.165) is 0 Å². The lowest BCUT2D eigenvalue weighted by Crippen LogP contribution is -2.22. The molecule has 0 fully saturated rings. The van der Waals surface area contributed by atoms with E-state index in [1.165, 1.54) is 19.2 Å². The molecule has 1 aromatic rings. The summed E-state index contributed by atoms with van der Waals surface area (Å²) in [5, 5.41) is 8.49. The van der Waals surface area contributed by atoms with Crippen LogP contribution in [0.25, 0.3) is 0 Å². The van der Waals surface area contributed by atoms with Gasteiger partial charge in [0.05, 0.1) is 17.7 Å². The molecule has 0 amide bonds. The zero-order valence-electron chi connectivity index (χ0n) is 7.83. The number of benzene rings is 1. The zero-order valence-corrected chi connectivity index (χ0v) is 8.58. The molecule has 4 nitrogen and oxygen atoms in total. The maximum Gasteiger partial charge on any atom is 0.325 e. The fraction of sp³-hybridized carbons (Fsp3) is 0.222. The Morgan fingerprint density at radius 3 is 2.73 bits per heavy atom. The van der Waals surface area contributed by atoms with Gasteiger partial charge in [0, 0.05) is 0 Å². The maximum absolute atomic E-state index is 13.5. The van der Waals surface area contributed by atoms with Gasteiger partial charge in [0.2, 0.25) is 0 Å². The van der Waals surface area contributed by atoms with Crippen LogP contribution in [0.3, 0.4) is 0 Å². The first kappa shape index (κ1) is 11.7. The number of halogens is 2. The number of methoxy groups -OCH3 is 1. The van der Waals surface area contributed by atoms with Crippen LogP contribution in [0.15, 0.2) is 12.1 Å². The van der Waals surface area contributed by atoms with Crippen molar-refractivity contribution in [3.05, 3.63) is 28.5 Å². The van der Waals surface area contributed by atoms with Crippen LogP contribution < -0.4 is 10.5 Å². The molecule has 0 aliphatic carbocycles. The summed E-state index contributed by atoms with van der Waals surface area (Å²) in [6, 6.07) is 1.13. The zero-order chi connectivity index (χ0) is 11.6. The van der Waals surface area contributed by atoms with E-state index in [1.54, 1.807) is 0 Å². The summed E-state index contributed by atoms with van der Waals surface area (Å²) in [5.41, 5.74) is 5.05. The van der Waals surface area contributed by atoms with Crippen molar-refractivity contribution in [3.8, 4) is 5.75 Å². The van der Waals surface area contributed by atoms with Crippen molar-refractivity contribution in [2.24, 2.45) is 5.73 Å². The number of carboxylic acid groups (broad SMARTS) is 1. The van der Waals surface area contributed by atoms with Gasteiger partial charge in [-0.2, -0.15) is 0 Å². The lowest BCUT2D eigenvalue weighted by molar-refractivity contribution is -0.138. The summed E-state index contributed by atoms with van der Waals surface area (Å²) in [6.45, 7) is 0. The molecular weight excluding hydrogens is 225 g/mol. The number of hydrogen-bond donors (Lipinski definition) is 2. The number of ether oxygens (including phenoxy) is 1. The van der Waals surface area contributed by atoms with Crippen molar-refractivity contribution in [3.63, 3.8) is 0 Å². The maximum atomic E-state index is 13.5. The fourth-order valence-corrected chi connectivity index (χ4v) is 1.30. The largest absolute Gasteiger partial charge is 0.496 e. The molecule has 1 atom stereocenters. The summed E-state index contributed by atoms with van der Waals surface area (Å²) < 4.78 is 18.3. The number of nitrogens with two attached hydrogens (primary N) is 1. The van der Waals surface area contributed by atoms with E-state index in [2.05, 4.69) is 0 Å². The normalized spacial score (nSPS) is 12.3. The molecule has 0 spiro atoms. The number of rotatable bonds is 3. The first-order valence-corrected chi connectivity index (χ1v) is 4.37. The van der Waals surface area contributed by atoms with Crippen LogP contribution in [0.2, 0.25) is 5.02 Å². The highest BCUT2D eigenvalue weighted by Crippen LogP contribution is 2.31. The number of hydrogen-bond acceptors (Lipinski definition) is 3. The highest BCUT2D eigenvalue weighted by atomic mass is 35.5. The van der Waals surface area contributed by atoms with E-state index in [0.29, 0.717) is 0 Å². The Labute approximate surface area is 90.4 Å². The smallest absolute Gasteiger partial charge is 0.325 e. The van der Waals surface area contributed by atoms with Crippen LogP contribution in [-0.4, -0.2) is 18.2 Å². The van der Waals surface area contributed by atoms with Crippen molar-refractivity contribution >= 4 is 17.6 Å². The van der Waals surface area contributed by atoms with Gasteiger partial charge in [0.1, 0.15) is 11.8 Å². The molecule has 82 valence electrons. The van der Waals surface area contributed by atoms with Gasteiger partial charge in [-0.3, -0.25) is 4.79 Å². The Balaban J connectivity index is 3.35. The quantitative estimate of drug-likeness (QED) is 0.831.